The molecule has 0 atom stereocenters. The van der Waals surface area contributed by atoms with Crippen molar-refractivity contribution in [3.63, 3.8) is 0 Å². The van der Waals surface area contributed by atoms with Crippen LogP contribution in [0.25, 0.3) is 0 Å². The molecular formula is C12H18N2O3S. The zero-order valence-corrected chi connectivity index (χ0v) is 11.1. The second kappa shape index (κ2) is 4.53. The van der Waals surface area contributed by atoms with Crippen LogP contribution in [0.1, 0.15) is 24.8 Å². The minimum atomic E-state index is -3.63. The second-order valence-corrected chi connectivity index (χ2v) is 6.52. The van der Waals surface area contributed by atoms with Crippen LogP contribution in [-0.2, 0) is 10.0 Å². The van der Waals surface area contributed by atoms with Crippen molar-refractivity contribution in [1.29, 1.82) is 0 Å². The number of nitrogens with one attached hydrogen (secondary N) is 1. The van der Waals surface area contributed by atoms with E-state index in [9.17, 15) is 13.5 Å². The van der Waals surface area contributed by atoms with Crippen LogP contribution < -0.4 is 10.5 Å². The van der Waals surface area contributed by atoms with Gasteiger partial charge < -0.3 is 10.8 Å². The standard InChI is InChI=1S/C12H18N2O3S/c1-9-10(13)4-2-5-11(9)18(16,17)14-12(8-15)6-3-7-12/h2,4-5,14-15H,3,6-8,13H2,1H3. The topological polar surface area (TPSA) is 92.4 Å². The summed E-state index contributed by atoms with van der Waals surface area (Å²) in [6.45, 7) is 1.50. The zero-order chi connectivity index (χ0) is 13.4. The van der Waals surface area contributed by atoms with Gasteiger partial charge in [-0.15, -0.1) is 0 Å². The van der Waals surface area contributed by atoms with Crippen LogP contribution in [0.5, 0.6) is 0 Å². The molecule has 0 radical (unpaired) electrons. The number of anilines is 1. The van der Waals surface area contributed by atoms with E-state index in [4.69, 9.17) is 5.73 Å². The summed E-state index contributed by atoms with van der Waals surface area (Å²) in [7, 11) is -3.63. The molecular weight excluding hydrogens is 252 g/mol. The first-order chi connectivity index (χ1) is 8.40. The fourth-order valence-electron chi connectivity index (χ4n) is 2.16. The average Bonchev–Trinajstić information content (AvgIpc) is 2.27. The second-order valence-electron chi connectivity index (χ2n) is 4.87. The quantitative estimate of drug-likeness (QED) is 0.705. The largest absolute Gasteiger partial charge is 0.398 e. The first-order valence-electron chi connectivity index (χ1n) is 5.90. The fourth-order valence-corrected chi connectivity index (χ4v) is 3.89. The Morgan fingerprint density at radius 3 is 2.61 bits per heavy atom. The maximum Gasteiger partial charge on any atom is 0.241 e. The molecule has 1 aromatic rings. The van der Waals surface area contributed by atoms with Gasteiger partial charge in [-0.25, -0.2) is 13.1 Å². The Labute approximate surface area is 107 Å². The summed E-state index contributed by atoms with van der Waals surface area (Å²) in [5, 5.41) is 9.32. The highest BCUT2D eigenvalue weighted by Crippen LogP contribution is 2.33. The number of aliphatic hydroxyl groups excluding tert-OH is 1. The van der Waals surface area contributed by atoms with E-state index in [1.54, 1.807) is 19.1 Å². The highest BCUT2D eigenvalue weighted by atomic mass is 32.2. The van der Waals surface area contributed by atoms with E-state index in [1.165, 1.54) is 6.07 Å². The molecule has 6 heteroatoms. The lowest BCUT2D eigenvalue weighted by Crippen LogP contribution is -2.56. The summed E-state index contributed by atoms with van der Waals surface area (Å²) in [6, 6.07) is 4.81. The molecule has 0 aromatic heterocycles. The molecule has 100 valence electrons. The molecule has 18 heavy (non-hydrogen) atoms. The van der Waals surface area contributed by atoms with Crippen molar-refractivity contribution < 1.29 is 13.5 Å². The molecule has 0 heterocycles. The lowest BCUT2D eigenvalue weighted by atomic mass is 9.78. The number of nitrogen functional groups attached to an aromatic ring is 1. The van der Waals surface area contributed by atoms with Crippen molar-refractivity contribution in [1.82, 2.24) is 4.72 Å². The molecule has 0 unspecified atom stereocenters. The van der Waals surface area contributed by atoms with Crippen LogP contribution in [0, 0.1) is 6.92 Å². The zero-order valence-electron chi connectivity index (χ0n) is 10.3. The number of sulfonamides is 1. The predicted molar refractivity (Wildman–Crippen MR) is 69.6 cm³/mol. The molecule has 2 rings (SSSR count). The number of benzene rings is 1. The van der Waals surface area contributed by atoms with E-state index in [0.29, 0.717) is 24.1 Å². The van der Waals surface area contributed by atoms with Crippen LogP contribution in [0.2, 0.25) is 0 Å². The number of hydrogen-bond acceptors (Lipinski definition) is 4. The number of hydrogen-bond donors (Lipinski definition) is 3. The summed E-state index contributed by atoms with van der Waals surface area (Å²) in [6.07, 6.45) is 2.27. The first-order valence-corrected chi connectivity index (χ1v) is 7.38. The van der Waals surface area contributed by atoms with Crippen molar-refractivity contribution in [3.05, 3.63) is 23.8 Å². The SMILES string of the molecule is Cc1c(N)cccc1S(=O)(=O)NC1(CO)CCC1. The van der Waals surface area contributed by atoms with E-state index < -0.39 is 15.6 Å². The number of nitrogens with two attached hydrogens (primary N) is 1. The summed E-state index contributed by atoms with van der Waals surface area (Å²) in [5.41, 5.74) is 6.02. The Balaban J connectivity index is 2.34. The Hall–Kier alpha value is -1.11. The minimum Gasteiger partial charge on any atom is -0.398 e. The van der Waals surface area contributed by atoms with Gasteiger partial charge in [-0.05, 0) is 43.9 Å². The smallest absolute Gasteiger partial charge is 0.241 e. The van der Waals surface area contributed by atoms with Gasteiger partial charge in [0.25, 0.3) is 0 Å². The lowest BCUT2D eigenvalue weighted by molar-refractivity contribution is 0.110. The summed E-state index contributed by atoms with van der Waals surface area (Å²) in [4.78, 5) is 0.183. The lowest BCUT2D eigenvalue weighted by Gasteiger charge is -2.40. The molecule has 0 amide bonds. The molecule has 1 fully saturated rings. The average molecular weight is 270 g/mol. The Morgan fingerprint density at radius 1 is 1.44 bits per heavy atom. The van der Waals surface area contributed by atoms with Gasteiger partial charge in [0.1, 0.15) is 0 Å². The molecule has 5 nitrogen and oxygen atoms in total. The molecule has 0 saturated heterocycles. The van der Waals surface area contributed by atoms with Crippen molar-refractivity contribution in [3.8, 4) is 0 Å². The molecule has 1 aliphatic rings. The van der Waals surface area contributed by atoms with Crippen LogP contribution in [0.4, 0.5) is 5.69 Å². The molecule has 1 aliphatic carbocycles. The normalized spacial score (nSPS) is 18.3. The van der Waals surface area contributed by atoms with Crippen molar-refractivity contribution in [2.75, 3.05) is 12.3 Å². The maximum atomic E-state index is 12.3. The molecule has 0 spiro atoms. The van der Waals surface area contributed by atoms with Crippen LogP contribution in [0.15, 0.2) is 23.1 Å². The van der Waals surface area contributed by atoms with Gasteiger partial charge in [0.05, 0.1) is 17.0 Å². The van der Waals surface area contributed by atoms with Gasteiger partial charge in [0.2, 0.25) is 10.0 Å². The van der Waals surface area contributed by atoms with Gasteiger partial charge >= 0.3 is 0 Å². The van der Waals surface area contributed by atoms with E-state index in [-0.39, 0.29) is 11.5 Å². The van der Waals surface area contributed by atoms with Gasteiger partial charge in [-0.3, -0.25) is 0 Å². The first kappa shape index (κ1) is 13.3. The van der Waals surface area contributed by atoms with Crippen LogP contribution in [-0.4, -0.2) is 25.7 Å². The Morgan fingerprint density at radius 2 is 2.11 bits per heavy atom. The third-order valence-corrected chi connectivity index (χ3v) is 5.30. The third-order valence-electron chi connectivity index (χ3n) is 3.58. The molecule has 1 aromatic carbocycles. The van der Waals surface area contributed by atoms with E-state index in [2.05, 4.69) is 4.72 Å². The van der Waals surface area contributed by atoms with Gasteiger partial charge in [-0.2, -0.15) is 0 Å². The summed E-state index contributed by atoms with van der Waals surface area (Å²) < 4.78 is 27.2. The van der Waals surface area contributed by atoms with E-state index in [1.807, 2.05) is 0 Å². The number of aliphatic hydroxyl groups is 1. The van der Waals surface area contributed by atoms with E-state index in [0.717, 1.165) is 6.42 Å². The van der Waals surface area contributed by atoms with Gasteiger partial charge in [0, 0.05) is 5.69 Å². The molecule has 4 N–H and O–H groups in total. The van der Waals surface area contributed by atoms with E-state index >= 15 is 0 Å². The molecule has 0 aliphatic heterocycles. The highest BCUT2D eigenvalue weighted by Gasteiger charge is 2.40. The maximum absolute atomic E-state index is 12.3. The Bertz CT molecular complexity index is 545. The van der Waals surface area contributed by atoms with Crippen molar-refractivity contribution in [2.24, 2.45) is 0 Å². The molecule has 1 saturated carbocycles. The van der Waals surface area contributed by atoms with Crippen molar-refractivity contribution in [2.45, 2.75) is 36.6 Å². The summed E-state index contributed by atoms with van der Waals surface area (Å²) >= 11 is 0. The van der Waals surface area contributed by atoms with Gasteiger partial charge in [0.15, 0.2) is 0 Å². The molecule has 0 bridgehead atoms. The fraction of sp³-hybridized carbons (Fsp3) is 0.500. The highest BCUT2D eigenvalue weighted by molar-refractivity contribution is 7.89. The monoisotopic (exact) mass is 270 g/mol. The summed E-state index contributed by atoms with van der Waals surface area (Å²) in [5.74, 6) is 0. The van der Waals surface area contributed by atoms with Gasteiger partial charge in [-0.1, -0.05) is 6.07 Å². The van der Waals surface area contributed by atoms with Crippen molar-refractivity contribution >= 4 is 15.7 Å². The van der Waals surface area contributed by atoms with Crippen LogP contribution in [0.3, 0.4) is 0 Å². The third kappa shape index (κ3) is 2.23. The van der Waals surface area contributed by atoms with Crippen LogP contribution >= 0.6 is 0 Å². The number of rotatable bonds is 4. The minimum absolute atomic E-state index is 0.173. The predicted octanol–water partition coefficient (Wildman–Crippen LogP) is 0.771. The Kier molecular flexibility index (Phi) is 3.35.